The smallest absolute Gasteiger partial charge is 0.236 e. The predicted octanol–water partition coefficient (Wildman–Crippen LogP) is 1.32. The van der Waals surface area contributed by atoms with Gasteiger partial charge in [0.25, 0.3) is 0 Å². The molecule has 1 saturated carbocycles. The number of carbonyl (C=O) groups is 1. The molecule has 1 aromatic rings. The topological polar surface area (TPSA) is 55.1 Å². The molecule has 0 heterocycles. The van der Waals surface area contributed by atoms with Crippen molar-refractivity contribution in [3.8, 4) is 0 Å². The van der Waals surface area contributed by atoms with Gasteiger partial charge < -0.3 is 11.1 Å². The largest absolute Gasteiger partial charge is 0.354 e. The van der Waals surface area contributed by atoms with Crippen molar-refractivity contribution in [2.75, 3.05) is 6.54 Å². The number of amides is 1. The molecule has 0 saturated heterocycles. The van der Waals surface area contributed by atoms with Crippen LogP contribution in [0.4, 0.5) is 4.39 Å². The minimum absolute atomic E-state index is 0.00174. The molecule has 1 aliphatic rings. The van der Waals surface area contributed by atoms with E-state index in [1.807, 2.05) is 0 Å². The lowest BCUT2D eigenvalue weighted by Crippen LogP contribution is -2.41. The van der Waals surface area contributed by atoms with Crippen LogP contribution in [-0.2, 0) is 10.2 Å². The van der Waals surface area contributed by atoms with Crippen LogP contribution < -0.4 is 11.1 Å². The second-order valence-electron chi connectivity index (χ2n) is 4.79. The highest BCUT2D eigenvalue weighted by Gasteiger charge is 2.44. The van der Waals surface area contributed by atoms with E-state index in [4.69, 9.17) is 5.73 Å². The summed E-state index contributed by atoms with van der Waals surface area (Å²) < 4.78 is 12.8. The molecule has 0 spiro atoms. The Morgan fingerprint density at radius 2 is 2.06 bits per heavy atom. The van der Waals surface area contributed by atoms with E-state index in [1.54, 1.807) is 19.1 Å². The van der Waals surface area contributed by atoms with E-state index in [0.717, 1.165) is 18.4 Å². The van der Waals surface area contributed by atoms with Crippen molar-refractivity contribution in [3.63, 3.8) is 0 Å². The number of benzene rings is 1. The first-order valence-electron chi connectivity index (χ1n) is 5.83. The zero-order chi connectivity index (χ0) is 12.5. The molecule has 0 radical (unpaired) electrons. The van der Waals surface area contributed by atoms with E-state index < -0.39 is 6.04 Å². The summed E-state index contributed by atoms with van der Waals surface area (Å²) in [5.41, 5.74) is 6.57. The van der Waals surface area contributed by atoms with Crippen molar-refractivity contribution < 1.29 is 9.18 Å². The molecule has 1 aliphatic carbocycles. The quantitative estimate of drug-likeness (QED) is 0.828. The number of halogens is 1. The zero-order valence-electron chi connectivity index (χ0n) is 9.87. The molecule has 1 fully saturated rings. The summed E-state index contributed by atoms with van der Waals surface area (Å²) in [6.07, 6.45) is 2.05. The fourth-order valence-electron chi connectivity index (χ4n) is 1.94. The Bertz CT molecular complexity index is 410. The van der Waals surface area contributed by atoms with Gasteiger partial charge in [0, 0.05) is 12.0 Å². The van der Waals surface area contributed by atoms with Gasteiger partial charge >= 0.3 is 0 Å². The van der Waals surface area contributed by atoms with Gasteiger partial charge in [-0.3, -0.25) is 4.79 Å². The van der Waals surface area contributed by atoms with Crippen LogP contribution in [0.15, 0.2) is 24.3 Å². The summed E-state index contributed by atoms with van der Waals surface area (Å²) in [5.74, 6) is -0.373. The van der Waals surface area contributed by atoms with Gasteiger partial charge in [-0.2, -0.15) is 0 Å². The maximum Gasteiger partial charge on any atom is 0.236 e. The molecule has 0 aliphatic heterocycles. The molecule has 0 aromatic heterocycles. The summed E-state index contributed by atoms with van der Waals surface area (Å²) in [7, 11) is 0. The number of hydrogen-bond donors (Lipinski definition) is 2. The van der Waals surface area contributed by atoms with Crippen molar-refractivity contribution in [1.82, 2.24) is 5.32 Å². The van der Waals surface area contributed by atoms with Crippen LogP contribution in [0.3, 0.4) is 0 Å². The van der Waals surface area contributed by atoms with Crippen molar-refractivity contribution in [1.29, 1.82) is 0 Å². The van der Waals surface area contributed by atoms with Crippen LogP contribution in [0.1, 0.15) is 25.3 Å². The van der Waals surface area contributed by atoms with Gasteiger partial charge in [-0.1, -0.05) is 12.1 Å². The molecule has 0 unspecified atom stereocenters. The van der Waals surface area contributed by atoms with Crippen molar-refractivity contribution in [3.05, 3.63) is 35.6 Å². The Morgan fingerprint density at radius 1 is 1.47 bits per heavy atom. The number of rotatable bonds is 4. The molecule has 3 nitrogen and oxygen atoms in total. The molecule has 1 atom stereocenters. The molecular formula is C13H17FN2O. The third-order valence-corrected chi connectivity index (χ3v) is 3.32. The van der Waals surface area contributed by atoms with E-state index in [-0.39, 0.29) is 17.1 Å². The average Bonchev–Trinajstić information content (AvgIpc) is 3.08. The van der Waals surface area contributed by atoms with Crippen molar-refractivity contribution >= 4 is 5.91 Å². The fraction of sp³-hybridized carbons (Fsp3) is 0.462. The number of nitrogens with one attached hydrogen (secondary N) is 1. The summed E-state index contributed by atoms with van der Waals surface area (Å²) in [4.78, 5) is 11.4. The first kappa shape index (κ1) is 12.0. The molecular weight excluding hydrogens is 219 g/mol. The lowest BCUT2D eigenvalue weighted by molar-refractivity contribution is -0.122. The maximum absolute atomic E-state index is 12.8. The van der Waals surface area contributed by atoms with Gasteiger partial charge in [-0.15, -0.1) is 0 Å². The SMILES string of the molecule is C[C@@H](N)C(=O)NCC1(c2ccc(F)cc2)CC1. The van der Waals surface area contributed by atoms with Crippen LogP contribution in [0, 0.1) is 5.82 Å². The van der Waals surface area contributed by atoms with Gasteiger partial charge in [0.15, 0.2) is 0 Å². The molecule has 17 heavy (non-hydrogen) atoms. The summed E-state index contributed by atoms with van der Waals surface area (Å²) >= 11 is 0. The second kappa shape index (κ2) is 4.45. The molecule has 1 aromatic carbocycles. The summed E-state index contributed by atoms with van der Waals surface area (Å²) in [5, 5.41) is 2.84. The van der Waals surface area contributed by atoms with Gasteiger partial charge in [-0.25, -0.2) is 4.39 Å². The van der Waals surface area contributed by atoms with Crippen molar-refractivity contribution in [2.45, 2.75) is 31.2 Å². The third-order valence-electron chi connectivity index (χ3n) is 3.32. The van der Waals surface area contributed by atoms with E-state index in [0.29, 0.717) is 6.54 Å². The van der Waals surface area contributed by atoms with Crippen molar-refractivity contribution in [2.24, 2.45) is 5.73 Å². The standard InChI is InChI=1S/C13H17FN2O/c1-9(15)12(17)16-8-13(6-7-13)10-2-4-11(14)5-3-10/h2-5,9H,6-8,15H2,1H3,(H,16,17)/t9-/m1/s1. The Labute approximate surface area is 100 Å². The molecule has 1 amide bonds. The first-order valence-corrected chi connectivity index (χ1v) is 5.83. The highest BCUT2D eigenvalue weighted by atomic mass is 19.1. The molecule has 92 valence electrons. The van der Waals surface area contributed by atoms with Gasteiger partial charge in [0.05, 0.1) is 6.04 Å². The first-order chi connectivity index (χ1) is 8.03. The van der Waals surface area contributed by atoms with Gasteiger partial charge in [-0.05, 0) is 37.5 Å². The lowest BCUT2D eigenvalue weighted by Gasteiger charge is -2.17. The van der Waals surface area contributed by atoms with E-state index in [9.17, 15) is 9.18 Å². The molecule has 0 bridgehead atoms. The Balaban J connectivity index is 2.00. The third kappa shape index (κ3) is 2.64. The van der Waals surface area contributed by atoms with Gasteiger partial charge in [0.2, 0.25) is 5.91 Å². The lowest BCUT2D eigenvalue weighted by atomic mass is 9.96. The monoisotopic (exact) mass is 236 g/mol. The van der Waals surface area contributed by atoms with Crippen LogP contribution in [-0.4, -0.2) is 18.5 Å². The molecule has 2 rings (SSSR count). The summed E-state index contributed by atoms with van der Waals surface area (Å²) in [6, 6.07) is 6.02. The molecule has 4 heteroatoms. The van der Waals surface area contributed by atoms with Crippen LogP contribution in [0.25, 0.3) is 0 Å². The predicted molar refractivity (Wildman–Crippen MR) is 64.0 cm³/mol. The van der Waals surface area contributed by atoms with E-state index in [1.165, 1.54) is 12.1 Å². The zero-order valence-corrected chi connectivity index (χ0v) is 9.87. The van der Waals surface area contributed by atoms with Crippen LogP contribution >= 0.6 is 0 Å². The maximum atomic E-state index is 12.8. The fourth-order valence-corrected chi connectivity index (χ4v) is 1.94. The van der Waals surface area contributed by atoms with E-state index in [2.05, 4.69) is 5.32 Å². The highest BCUT2D eigenvalue weighted by Crippen LogP contribution is 2.47. The Kier molecular flexibility index (Phi) is 3.15. The highest BCUT2D eigenvalue weighted by molar-refractivity contribution is 5.81. The van der Waals surface area contributed by atoms with Crippen LogP contribution in [0.5, 0.6) is 0 Å². The second-order valence-corrected chi connectivity index (χ2v) is 4.79. The van der Waals surface area contributed by atoms with Crippen LogP contribution in [0.2, 0.25) is 0 Å². The minimum Gasteiger partial charge on any atom is -0.354 e. The number of carbonyl (C=O) groups excluding carboxylic acids is 1. The average molecular weight is 236 g/mol. The summed E-state index contributed by atoms with van der Waals surface area (Å²) in [6.45, 7) is 2.24. The normalized spacial score (nSPS) is 18.5. The minimum atomic E-state index is -0.487. The van der Waals surface area contributed by atoms with Gasteiger partial charge in [0.1, 0.15) is 5.82 Å². The number of nitrogens with two attached hydrogens (primary N) is 1. The number of hydrogen-bond acceptors (Lipinski definition) is 2. The Hall–Kier alpha value is -1.42. The van der Waals surface area contributed by atoms with E-state index >= 15 is 0 Å². The molecule has 3 N–H and O–H groups in total. The Morgan fingerprint density at radius 3 is 2.53 bits per heavy atom.